The second-order valence-corrected chi connectivity index (χ2v) is 5.71. The highest BCUT2D eigenvalue weighted by atomic mass is 16.2. The van der Waals surface area contributed by atoms with Crippen LogP contribution in [0.2, 0.25) is 0 Å². The van der Waals surface area contributed by atoms with Crippen LogP contribution in [0, 0.1) is 11.8 Å². The lowest BCUT2D eigenvalue weighted by Gasteiger charge is -2.26. The molecule has 5 nitrogen and oxygen atoms in total. The number of hydrogen-bond acceptors (Lipinski definition) is 3. The molecular weight excluding hydrogens is 314 g/mol. The molecular formula is C20H19N3O2. The third-order valence-electron chi connectivity index (χ3n) is 4.02. The Hall–Kier alpha value is -3.10. The van der Waals surface area contributed by atoms with Crippen LogP contribution in [0.1, 0.15) is 23.1 Å². The minimum atomic E-state index is -0.267. The number of nitrogens with one attached hydrogen (secondary N) is 1. The predicted octanol–water partition coefficient (Wildman–Crippen LogP) is 1.40. The zero-order valence-electron chi connectivity index (χ0n) is 13.8. The molecule has 1 aliphatic rings. The van der Waals surface area contributed by atoms with E-state index in [9.17, 15) is 9.59 Å². The van der Waals surface area contributed by atoms with E-state index in [-0.39, 0.29) is 31.3 Å². The molecule has 1 aliphatic heterocycles. The minimum Gasteiger partial charge on any atom is -0.354 e. The number of nitrogens with two attached hydrogens (primary N) is 1. The Morgan fingerprint density at radius 1 is 1.04 bits per heavy atom. The minimum absolute atomic E-state index is 0.0664. The van der Waals surface area contributed by atoms with E-state index in [2.05, 4.69) is 17.2 Å². The summed E-state index contributed by atoms with van der Waals surface area (Å²) >= 11 is 0. The lowest BCUT2D eigenvalue weighted by Crippen LogP contribution is -2.36. The van der Waals surface area contributed by atoms with Crippen molar-refractivity contribution in [2.75, 3.05) is 18.0 Å². The Bertz CT molecular complexity index is 864. The number of para-hydroxylation sites is 1. The van der Waals surface area contributed by atoms with Crippen molar-refractivity contribution in [1.82, 2.24) is 5.32 Å². The number of amides is 2. The number of fused-ring (bicyclic) bond motifs is 2. The third kappa shape index (κ3) is 3.87. The van der Waals surface area contributed by atoms with Gasteiger partial charge in [0, 0.05) is 24.1 Å². The first-order valence-electron chi connectivity index (χ1n) is 8.15. The summed E-state index contributed by atoms with van der Waals surface area (Å²) in [7, 11) is 0. The quantitative estimate of drug-likeness (QED) is 0.831. The van der Waals surface area contributed by atoms with Gasteiger partial charge in [0.25, 0.3) is 0 Å². The summed E-state index contributed by atoms with van der Waals surface area (Å²) in [6.45, 7) is 0.635. The summed E-state index contributed by atoms with van der Waals surface area (Å²) in [5.41, 5.74) is 8.80. The average Bonchev–Trinajstić information content (AvgIpc) is 2.63. The van der Waals surface area contributed by atoms with E-state index in [1.165, 1.54) is 0 Å². The molecule has 2 aromatic carbocycles. The number of anilines is 1. The Labute approximate surface area is 146 Å². The van der Waals surface area contributed by atoms with Crippen LogP contribution in [0.15, 0.2) is 48.5 Å². The molecule has 0 atom stereocenters. The van der Waals surface area contributed by atoms with Gasteiger partial charge in [-0.3, -0.25) is 9.59 Å². The zero-order valence-corrected chi connectivity index (χ0v) is 13.8. The maximum Gasteiger partial charge on any atom is 0.233 e. The van der Waals surface area contributed by atoms with Crippen LogP contribution in [0.4, 0.5) is 5.69 Å². The summed E-state index contributed by atoms with van der Waals surface area (Å²) < 4.78 is 0. The van der Waals surface area contributed by atoms with Gasteiger partial charge in [0.15, 0.2) is 0 Å². The molecule has 0 unspecified atom stereocenters. The summed E-state index contributed by atoms with van der Waals surface area (Å²) in [5.74, 6) is 6.01. The fourth-order valence-corrected chi connectivity index (χ4v) is 2.72. The molecule has 3 N–H and O–H groups in total. The summed E-state index contributed by atoms with van der Waals surface area (Å²) in [6.07, 6.45) is 0.204. The fourth-order valence-electron chi connectivity index (χ4n) is 2.72. The average molecular weight is 333 g/mol. The van der Waals surface area contributed by atoms with Crippen molar-refractivity contribution in [1.29, 1.82) is 0 Å². The van der Waals surface area contributed by atoms with Gasteiger partial charge in [0.2, 0.25) is 11.8 Å². The first kappa shape index (κ1) is 16.7. The fraction of sp³-hybridized carbons (Fsp3) is 0.200. The molecule has 0 radical (unpaired) electrons. The third-order valence-corrected chi connectivity index (χ3v) is 4.02. The number of rotatable bonds is 4. The van der Waals surface area contributed by atoms with Gasteiger partial charge in [-0.05, 0) is 23.8 Å². The molecule has 25 heavy (non-hydrogen) atoms. The zero-order chi connectivity index (χ0) is 17.6. The Kier molecular flexibility index (Phi) is 5.12. The van der Waals surface area contributed by atoms with Gasteiger partial charge in [0.05, 0.1) is 18.8 Å². The molecule has 0 spiro atoms. The van der Waals surface area contributed by atoms with Gasteiger partial charge in [-0.1, -0.05) is 42.2 Å². The summed E-state index contributed by atoms with van der Waals surface area (Å²) in [4.78, 5) is 25.8. The lowest BCUT2D eigenvalue weighted by molar-refractivity contribution is -0.120. The highest BCUT2D eigenvalue weighted by Gasteiger charge is 2.20. The molecule has 5 heteroatoms. The van der Waals surface area contributed by atoms with Crippen LogP contribution >= 0.6 is 0 Å². The first-order valence-corrected chi connectivity index (χ1v) is 8.15. The number of hydrogen-bond donors (Lipinski definition) is 2. The highest BCUT2D eigenvalue weighted by molar-refractivity contribution is 5.95. The molecule has 0 aromatic heterocycles. The van der Waals surface area contributed by atoms with E-state index < -0.39 is 0 Å². The Morgan fingerprint density at radius 2 is 1.72 bits per heavy atom. The van der Waals surface area contributed by atoms with Gasteiger partial charge < -0.3 is 16.0 Å². The largest absolute Gasteiger partial charge is 0.354 e. The molecule has 0 saturated heterocycles. The lowest BCUT2D eigenvalue weighted by atomic mass is 10.0. The molecule has 0 aliphatic carbocycles. The van der Waals surface area contributed by atoms with Gasteiger partial charge >= 0.3 is 0 Å². The van der Waals surface area contributed by atoms with Crippen molar-refractivity contribution < 1.29 is 9.59 Å². The van der Waals surface area contributed by atoms with Gasteiger partial charge in [-0.2, -0.15) is 0 Å². The van der Waals surface area contributed by atoms with Crippen LogP contribution in [0.3, 0.4) is 0 Å². The van der Waals surface area contributed by atoms with E-state index in [4.69, 9.17) is 5.73 Å². The SMILES string of the molecule is NCC(=O)NCCC(=O)N1Cc2ccccc2C#Cc2ccccc21. The van der Waals surface area contributed by atoms with Crippen molar-refractivity contribution in [3.8, 4) is 11.8 Å². The number of carbonyl (C=O) groups excluding carboxylic acids is 2. The van der Waals surface area contributed by atoms with E-state index in [1.54, 1.807) is 4.90 Å². The second-order valence-electron chi connectivity index (χ2n) is 5.71. The number of nitrogens with zero attached hydrogens (tertiary/aromatic N) is 1. The monoisotopic (exact) mass is 333 g/mol. The van der Waals surface area contributed by atoms with Crippen LogP contribution in [-0.4, -0.2) is 24.9 Å². The molecule has 0 bridgehead atoms. The maximum absolute atomic E-state index is 12.8. The van der Waals surface area contributed by atoms with E-state index in [1.807, 2.05) is 48.5 Å². The summed E-state index contributed by atoms with van der Waals surface area (Å²) in [6, 6.07) is 15.4. The van der Waals surface area contributed by atoms with Crippen LogP contribution in [-0.2, 0) is 16.1 Å². The second kappa shape index (κ2) is 7.65. The van der Waals surface area contributed by atoms with Crippen molar-refractivity contribution in [2.24, 2.45) is 5.73 Å². The van der Waals surface area contributed by atoms with Gasteiger partial charge in [0.1, 0.15) is 0 Å². The smallest absolute Gasteiger partial charge is 0.233 e. The number of carbonyl (C=O) groups is 2. The predicted molar refractivity (Wildman–Crippen MR) is 96.7 cm³/mol. The molecule has 0 saturated carbocycles. The van der Waals surface area contributed by atoms with Crippen molar-refractivity contribution in [3.63, 3.8) is 0 Å². The van der Waals surface area contributed by atoms with Gasteiger partial charge in [-0.25, -0.2) is 0 Å². The molecule has 2 aromatic rings. The van der Waals surface area contributed by atoms with Crippen molar-refractivity contribution in [3.05, 3.63) is 65.2 Å². The molecule has 0 fully saturated rings. The Balaban J connectivity index is 1.89. The van der Waals surface area contributed by atoms with E-state index in [0.717, 1.165) is 22.4 Å². The molecule has 126 valence electrons. The number of benzene rings is 2. The standard InChI is InChI=1S/C20H19N3O2/c21-13-19(24)22-12-11-20(25)23-14-17-7-2-1-5-15(17)9-10-16-6-3-4-8-18(16)23/h1-8H,11-14,21H2,(H,22,24). The normalized spacial score (nSPS) is 12.0. The van der Waals surface area contributed by atoms with Gasteiger partial charge in [-0.15, -0.1) is 0 Å². The van der Waals surface area contributed by atoms with Crippen LogP contribution in [0.25, 0.3) is 0 Å². The van der Waals surface area contributed by atoms with Crippen molar-refractivity contribution >= 4 is 17.5 Å². The summed E-state index contributed by atoms with van der Waals surface area (Å²) in [5, 5.41) is 2.63. The van der Waals surface area contributed by atoms with E-state index >= 15 is 0 Å². The molecule has 1 heterocycles. The molecule has 2 amide bonds. The Morgan fingerprint density at radius 3 is 2.52 bits per heavy atom. The maximum atomic E-state index is 12.8. The van der Waals surface area contributed by atoms with E-state index in [0.29, 0.717) is 6.54 Å². The topological polar surface area (TPSA) is 75.4 Å². The highest BCUT2D eigenvalue weighted by Crippen LogP contribution is 2.25. The molecule has 3 rings (SSSR count). The first-order chi connectivity index (χ1) is 12.2. The van der Waals surface area contributed by atoms with Crippen LogP contribution in [0.5, 0.6) is 0 Å². The van der Waals surface area contributed by atoms with Crippen molar-refractivity contribution in [2.45, 2.75) is 13.0 Å². The van der Waals surface area contributed by atoms with Crippen LogP contribution < -0.4 is 16.0 Å².